The molecule has 0 saturated heterocycles. The number of urea groups is 1. The Hall–Kier alpha value is -2.28. The van der Waals surface area contributed by atoms with Gasteiger partial charge in [0.1, 0.15) is 5.75 Å². The Labute approximate surface area is 123 Å². The van der Waals surface area contributed by atoms with Crippen molar-refractivity contribution >= 4 is 12.0 Å². The molecule has 1 unspecified atom stereocenters. The second-order valence-electron chi connectivity index (χ2n) is 4.50. The number of nitrogens with one attached hydrogen (secondary N) is 1. The Morgan fingerprint density at radius 3 is 2.38 bits per heavy atom. The zero-order valence-electron chi connectivity index (χ0n) is 12.3. The molecule has 7 heteroatoms. The van der Waals surface area contributed by atoms with Crippen LogP contribution in [0.25, 0.3) is 0 Å². The minimum absolute atomic E-state index is 0.0859. The van der Waals surface area contributed by atoms with Crippen molar-refractivity contribution in [3.8, 4) is 5.75 Å². The molecule has 0 aliphatic rings. The van der Waals surface area contributed by atoms with E-state index in [1.807, 2.05) is 12.1 Å². The van der Waals surface area contributed by atoms with E-state index in [1.54, 1.807) is 26.3 Å². The van der Waals surface area contributed by atoms with Gasteiger partial charge in [0.15, 0.2) is 6.04 Å². The highest BCUT2D eigenvalue weighted by atomic mass is 16.5. The van der Waals surface area contributed by atoms with Crippen LogP contribution in [0.1, 0.15) is 5.56 Å². The fraction of sp³-hybridized carbons (Fsp3) is 0.429. The van der Waals surface area contributed by atoms with Crippen LogP contribution in [0.5, 0.6) is 5.75 Å². The van der Waals surface area contributed by atoms with Crippen LogP contribution in [-0.2, 0) is 16.1 Å². The molecule has 0 radical (unpaired) electrons. The molecule has 116 valence electrons. The molecule has 0 heterocycles. The summed E-state index contributed by atoms with van der Waals surface area (Å²) in [6.45, 7) is 0.270. The number of ether oxygens (including phenoxy) is 2. The number of carboxylic acids is 1. The third-order valence-electron chi connectivity index (χ3n) is 2.85. The van der Waals surface area contributed by atoms with Crippen molar-refractivity contribution < 1.29 is 24.2 Å². The number of nitrogens with zero attached hydrogens (tertiary/aromatic N) is 1. The zero-order valence-corrected chi connectivity index (χ0v) is 12.3. The molecule has 21 heavy (non-hydrogen) atoms. The van der Waals surface area contributed by atoms with E-state index in [-0.39, 0.29) is 6.61 Å². The number of hydrogen-bond acceptors (Lipinski definition) is 4. The monoisotopic (exact) mass is 296 g/mol. The lowest BCUT2D eigenvalue weighted by atomic mass is 10.2. The smallest absolute Gasteiger partial charge is 0.328 e. The van der Waals surface area contributed by atoms with Crippen LogP contribution in [-0.4, -0.2) is 55.9 Å². The number of methoxy groups -OCH3 is 2. The summed E-state index contributed by atoms with van der Waals surface area (Å²) in [5.74, 6) is -0.403. The van der Waals surface area contributed by atoms with Crippen LogP contribution in [0.2, 0.25) is 0 Å². The molecular weight excluding hydrogens is 276 g/mol. The second kappa shape index (κ2) is 8.11. The molecule has 0 fully saturated rings. The molecule has 0 bridgehead atoms. The van der Waals surface area contributed by atoms with E-state index in [0.717, 1.165) is 11.3 Å². The number of carbonyl (C=O) groups excluding carboxylic acids is 1. The number of hydrogen-bond donors (Lipinski definition) is 2. The molecule has 1 rings (SSSR count). The summed E-state index contributed by atoms with van der Waals surface area (Å²) in [7, 11) is 4.55. The minimum atomic E-state index is -1.14. The van der Waals surface area contributed by atoms with E-state index in [4.69, 9.17) is 14.6 Å². The topological polar surface area (TPSA) is 88.1 Å². The first-order valence-corrected chi connectivity index (χ1v) is 6.34. The first-order chi connectivity index (χ1) is 9.97. The highest BCUT2D eigenvalue weighted by Crippen LogP contribution is 2.12. The van der Waals surface area contributed by atoms with Gasteiger partial charge < -0.3 is 24.8 Å². The molecule has 1 aromatic rings. The van der Waals surface area contributed by atoms with Gasteiger partial charge in [0.25, 0.3) is 0 Å². The van der Waals surface area contributed by atoms with Gasteiger partial charge in [-0.15, -0.1) is 0 Å². The summed E-state index contributed by atoms with van der Waals surface area (Å²) in [6, 6.07) is 5.73. The van der Waals surface area contributed by atoms with Crippen molar-refractivity contribution in [1.82, 2.24) is 10.2 Å². The highest BCUT2D eigenvalue weighted by molar-refractivity contribution is 5.82. The van der Waals surface area contributed by atoms with Gasteiger partial charge in [0.05, 0.1) is 13.7 Å². The summed E-state index contributed by atoms with van der Waals surface area (Å²) >= 11 is 0. The third-order valence-corrected chi connectivity index (χ3v) is 2.85. The quantitative estimate of drug-likeness (QED) is 0.781. The summed E-state index contributed by atoms with van der Waals surface area (Å²) in [4.78, 5) is 24.3. The number of aliphatic carboxylic acids is 1. The van der Waals surface area contributed by atoms with Gasteiger partial charge >= 0.3 is 12.0 Å². The van der Waals surface area contributed by atoms with E-state index in [9.17, 15) is 9.59 Å². The Balaban J connectivity index is 2.58. The van der Waals surface area contributed by atoms with E-state index < -0.39 is 18.0 Å². The lowest BCUT2D eigenvalue weighted by molar-refractivity contribution is -0.140. The maximum Gasteiger partial charge on any atom is 0.328 e. The fourth-order valence-electron chi connectivity index (χ4n) is 1.68. The number of rotatable bonds is 7. The van der Waals surface area contributed by atoms with Crippen LogP contribution in [0.4, 0.5) is 4.79 Å². The number of carbonyl (C=O) groups is 2. The van der Waals surface area contributed by atoms with Crippen LogP contribution >= 0.6 is 0 Å². The van der Waals surface area contributed by atoms with Crippen molar-refractivity contribution in [3.63, 3.8) is 0 Å². The first-order valence-electron chi connectivity index (χ1n) is 6.34. The molecule has 1 atom stereocenters. The Kier molecular flexibility index (Phi) is 6.48. The summed E-state index contributed by atoms with van der Waals surface area (Å²) in [6.07, 6.45) is 0. The summed E-state index contributed by atoms with van der Waals surface area (Å²) in [5.41, 5.74) is 0.909. The van der Waals surface area contributed by atoms with Gasteiger partial charge in [-0.1, -0.05) is 12.1 Å². The number of carboxylic acid groups (broad SMARTS) is 1. The second-order valence-corrected chi connectivity index (χ2v) is 4.50. The van der Waals surface area contributed by atoms with Gasteiger partial charge in [-0.3, -0.25) is 0 Å². The van der Waals surface area contributed by atoms with E-state index in [2.05, 4.69) is 5.32 Å². The molecule has 0 saturated carbocycles. The Morgan fingerprint density at radius 2 is 1.90 bits per heavy atom. The maximum absolute atomic E-state index is 11.9. The van der Waals surface area contributed by atoms with Gasteiger partial charge in [0.2, 0.25) is 0 Å². The number of amides is 2. The average Bonchev–Trinajstić information content (AvgIpc) is 2.47. The van der Waals surface area contributed by atoms with Gasteiger partial charge in [-0.25, -0.2) is 9.59 Å². The molecule has 7 nitrogen and oxygen atoms in total. The average molecular weight is 296 g/mol. The van der Waals surface area contributed by atoms with Crippen molar-refractivity contribution in [3.05, 3.63) is 29.8 Å². The standard InChI is InChI=1S/C14H20N2O5/c1-16(8-10-4-6-11(21-3)7-5-10)14(19)15-12(9-20-2)13(17)18/h4-7,12H,8-9H2,1-3H3,(H,15,19)(H,17,18). The molecular formula is C14H20N2O5. The molecule has 1 aromatic carbocycles. The molecule has 0 aromatic heterocycles. The Morgan fingerprint density at radius 1 is 1.29 bits per heavy atom. The van der Waals surface area contributed by atoms with Gasteiger partial charge in [0, 0.05) is 20.7 Å². The van der Waals surface area contributed by atoms with Crippen LogP contribution in [0.15, 0.2) is 24.3 Å². The van der Waals surface area contributed by atoms with Crippen LogP contribution < -0.4 is 10.1 Å². The van der Waals surface area contributed by atoms with E-state index in [1.165, 1.54) is 12.0 Å². The van der Waals surface area contributed by atoms with E-state index >= 15 is 0 Å². The summed E-state index contributed by atoms with van der Waals surface area (Å²) < 4.78 is 9.82. The molecule has 0 aliphatic heterocycles. The first kappa shape index (κ1) is 16.8. The fourth-order valence-corrected chi connectivity index (χ4v) is 1.68. The SMILES string of the molecule is COCC(NC(=O)N(C)Cc1ccc(OC)cc1)C(=O)O. The van der Waals surface area contributed by atoms with Gasteiger partial charge in [-0.2, -0.15) is 0 Å². The predicted octanol–water partition coefficient (Wildman–Crippen LogP) is 0.936. The van der Waals surface area contributed by atoms with E-state index in [0.29, 0.717) is 6.54 Å². The highest BCUT2D eigenvalue weighted by Gasteiger charge is 2.21. The van der Waals surface area contributed by atoms with Crippen molar-refractivity contribution in [2.75, 3.05) is 27.9 Å². The molecule has 0 aliphatic carbocycles. The van der Waals surface area contributed by atoms with Crippen LogP contribution in [0.3, 0.4) is 0 Å². The third kappa shape index (κ3) is 5.31. The van der Waals surface area contributed by atoms with Crippen LogP contribution in [0, 0.1) is 0 Å². The lowest BCUT2D eigenvalue weighted by Gasteiger charge is -2.21. The van der Waals surface area contributed by atoms with Crippen molar-refractivity contribution in [2.24, 2.45) is 0 Å². The maximum atomic E-state index is 11.9. The Bertz CT molecular complexity index is 475. The predicted molar refractivity (Wildman–Crippen MR) is 76.3 cm³/mol. The zero-order chi connectivity index (χ0) is 15.8. The largest absolute Gasteiger partial charge is 0.497 e. The normalized spacial score (nSPS) is 11.6. The van der Waals surface area contributed by atoms with Crippen molar-refractivity contribution in [2.45, 2.75) is 12.6 Å². The molecule has 2 amide bonds. The van der Waals surface area contributed by atoms with Crippen molar-refractivity contribution in [1.29, 1.82) is 0 Å². The minimum Gasteiger partial charge on any atom is -0.497 e. The van der Waals surface area contributed by atoms with Gasteiger partial charge in [-0.05, 0) is 17.7 Å². The lowest BCUT2D eigenvalue weighted by Crippen LogP contribution is -2.48. The molecule has 0 spiro atoms. The number of benzene rings is 1. The molecule has 2 N–H and O–H groups in total. The summed E-state index contributed by atoms with van der Waals surface area (Å²) in [5, 5.41) is 11.4.